The molecule has 1 saturated heterocycles. The third-order valence-corrected chi connectivity index (χ3v) is 3.19. The predicted octanol–water partition coefficient (Wildman–Crippen LogP) is 2.73. The van der Waals surface area contributed by atoms with Crippen molar-refractivity contribution in [3.8, 4) is 0 Å². The summed E-state index contributed by atoms with van der Waals surface area (Å²) in [4.78, 5) is 0. The van der Waals surface area contributed by atoms with Crippen LogP contribution in [-0.4, -0.2) is 32.0 Å². The molecule has 0 aromatic carbocycles. The van der Waals surface area contributed by atoms with Crippen LogP contribution in [0.25, 0.3) is 0 Å². The molecule has 0 saturated carbocycles. The Kier molecular flexibility index (Phi) is 5.05. The van der Waals surface area contributed by atoms with Crippen LogP contribution in [0.4, 0.5) is 13.2 Å². The van der Waals surface area contributed by atoms with Gasteiger partial charge >= 0.3 is 6.18 Å². The lowest BCUT2D eigenvalue weighted by molar-refractivity contribution is -0.136. The molecule has 96 valence electrons. The summed E-state index contributed by atoms with van der Waals surface area (Å²) in [6.45, 7) is 2.81. The largest absolute Gasteiger partial charge is 0.389 e. The van der Waals surface area contributed by atoms with Crippen LogP contribution in [0, 0.1) is 5.92 Å². The number of rotatable bonds is 5. The molecule has 0 aromatic heterocycles. The number of hydrogen-bond acceptors (Lipinski definition) is 2. The van der Waals surface area contributed by atoms with Gasteiger partial charge in [-0.05, 0) is 32.2 Å². The van der Waals surface area contributed by atoms with E-state index in [0.29, 0.717) is 12.3 Å². The van der Waals surface area contributed by atoms with Gasteiger partial charge in [-0.15, -0.1) is 0 Å². The van der Waals surface area contributed by atoms with Crippen LogP contribution >= 0.6 is 0 Å². The molecule has 0 spiro atoms. The molecule has 1 rings (SSSR count). The summed E-state index contributed by atoms with van der Waals surface area (Å²) < 4.78 is 41.6. The van der Waals surface area contributed by atoms with Crippen molar-refractivity contribution in [2.45, 2.75) is 50.9 Å². The van der Waals surface area contributed by atoms with Gasteiger partial charge in [-0.1, -0.05) is 6.92 Å². The van der Waals surface area contributed by atoms with Crippen molar-refractivity contribution in [1.82, 2.24) is 5.32 Å². The van der Waals surface area contributed by atoms with Gasteiger partial charge in [0.2, 0.25) is 0 Å². The predicted molar refractivity (Wildman–Crippen MR) is 56.3 cm³/mol. The fourth-order valence-corrected chi connectivity index (χ4v) is 2.23. The van der Waals surface area contributed by atoms with Crippen LogP contribution < -0.4 is 5.32 Å². The maximum Gasteiger partial charge on any atom is 0.389 e. The van der Waals surface area contributed by atoms with Crippen molar-refractivity contribution < 1.29 is 17.9 Å². The summed E-state index contributed by atoms with van der Waals surface area (Å²) in [7, 11) is 1.78. The van der Waals surface area contributed by atoms with Crippen molar-refractivity contribution in [2.24, 2.45) is 5.92 Å². The molecule has 3 unspecified atom stereocenters. The number of halogens is 3. The van der Waals surface area contributed by atoms with Gasteiger partial charge in [-0.3, -0.25) is 0 Å². The molecule has 0 amide bonds. The first-order chi connectivity index (χ1) is 7.44. The summed E-state index contributed by atoms with van der Waals surface area (Å²) in [5.74, 6) is 0.434. The highest BCUT2D eigenvalue weighted by atomic mass is 19.4. The zero-order chi connectivity index (χ0) is 12.2. The molecule has 0 bridgehead atoms. The summed E-state index contributed by atoms with van der Waals surface area (Å²) in [6, 6.07) is 0.0415. The second-order valence-electron chi connectivity index (χ2n) is 4.50. The molecule has 0 radical (unpaired) electrons. The highest BCUT2D eigenvalue weighted by Gasteiger charge is 2.32. The van der Waals surface area contributed by atoms with E-state index in [9.17, 15) is 13.2 Å². The second kappa shape index (κ2) is 5.87. The number of nitrogens with one attached hydrogen (secondary N) is 1. The van der Waals surface area contributed by atoms with Gasteiger partial charge in [0.1, 0.15) is 0 Å². The molecule has 1 fully saturated rings. The molecule has 1 N–H and O–H groups in total. The first kappa shape index (κ1) is 13.8. The maximum atomic E-state index is 12.0. The smallest absolute Gasteiger partial charge is 0.376 e. The lowest BCUT2D eigenvalue weighted by atomic mass is 9.94. The molecule has 2 nitrogen and oxygen atoms in total. The fourth-order valence-electron chi connectivity index (χ4n) is 2.23. The van der Waals surface area contributed by atoms with E-state index in [1.807, 2.05) is 0 Å². The highest BCUT2D eigenvalue weighted by Crippen LogP contribution is 2.27. The molecule has 1 aliphatic rings. The van der Waals surface area contributed by atoms with Gasteiger partial charge in [0.15, 0.2) is 0 Å². The van der Waals surface area contributed by atoms with Crippen molar-refractivity contribution >= 4 is 0 Å². The van der Waals surface area contributed by atoms with Crippen molar-refractivity contribution in [1.29, 1.82) is 0 Å². The number of alkyl halides is 3. The van der Waals surface area contributed by atoms with E-state index in [-0.39, 0.29) is 18.6 Å². The lowest BCUT2D eigenvalue weighted by Gasteiger charge is -2.25. The maximum absolute atomic E-state index is 12.0. The van der Waals surface area contributed by atoms with Crippen LogP contribution in [0.3, 0.4) is 0 Å². The molecule has 1 heterocycles. The Bertz CT molecular complexity index is 208. The Labute approximate surface area is 94.5 Å². The monoisotopic (exact) mass is 239 g/mol. The van der Waals surface area contributed by atoms with Crippen LogP contribution in [0.15, 0.2) is 0 Å². The van der Waals surface area contributed by atoms with Crippen LogP contribution in [0.1, 0.15) is 32.6 Å². The Balaban J connectivity index is 2.31. The van der Waals surface area contributed by atoms with Gasteiger partial charge in [-0.2, -0.15) is 13.2 Å². The quantitative estimate of drug-likeness (QED) is 0.796. The van der Waals surface area contributed by atoms with Gasteiger partial charge in [0.25, 0.3) is 0 Å². The first-order valence-corrected chi connectivity index (χ1v) is 5.79. The van der Waals surface area contributed by atoms with E-state index in [2.05, 4.69) is 12.2 Å². The summed E-state index contributed by atoms with van der Waals surface area (Å²) in [5.41, 5.74) is 0. The molecule has 0 aromatic rings. The third-order valence-electron chi connectivity index (χ3n) is 3.19. The van der Waals surface area contributed by atoms with E-state index >= 15 is 0 Å². The topological polar surface area (TPSA) is 21.3 Å². The van der Waals surface area contributed by atoms with Crippen molar-refractivity contribution in [3.63, 3.8) is 0 Å². The van der Waals surface area contributed by atoms with Crippen LogP contribution in [0.5, 0.6) is 0 Å². The average Bonchev–Trinajstić information content (AvgIpc) is 2.58. The summed E-state index contributed by atoms with van der Waals surface area (Å²) in [5, 5.41) is 3.07. The summed E-state index contributed by atoms with van der Waals surface area (Å²) >= 11 is 0. The summed E-state index contributed by atoms with van der Waals surface area (Å²) in [6.07, 6.45) is -2.99. The van der Waals surface area contributed by atoms with Crippen molar-refractivity contribution in [2.75, 3.05) is 13.7 Å². The highest BCUT2D eigenvalue weighted by molar-refractivity contribution is 4.84. The van der Waals surface area contributed by atoms with Gasteiger partial charge in [0.05, 0.1) is 6.10 Å². The Morgan fingerprint density at radius 3 is 2.56 bits per heavy atom. The number of hydrogen-bond donors (Lipinski definition) is 1. The van der Waals surface area contributed by atoms with Gasteiger partial charge < -0.3 is 10.1 Å². The number of ether oxygens (including phenoxy) is 1. The lowest BCUT2D eigenvalue weighted by Crippen LogP contribution is -2.40. The molecular weight excluding hydrogens is 219 g/mol. The van der Waals surface area contributed by atoms with E-state index < -0.39 is 12.6 Å². The molecular formula is C11H20F3NO. The van der Waals surface area contributed by atoms with Crippen molar-refractivity contribution in [3.05, 3.63) is 0 Å². The third kappa shape index (κ3) is 4.29. The molecule has 5 heteroatoms. The minimum absolute atomic E-state index is 0.0415. The molecule has 16 heavy (non-hydrogen) atoms. The van der Waals surface area contributed by atoms with Crippen LogP contribution in [0.2, 0.25) is 0 Å². The van der Waals surface area contributed by atoms with E-state index in [1.54, 1.807) is 7.05 Å². The SMILES string of the molecule is CNC(CCCC(F)(F)F)C1OCCC1C. The first-order valence-electron chi connectivity index (χ1n) is 5.79. The minimum atomic E-state index is -4.04. The fraction of sp³-hybridized carbons (Fsp3) is 1.00. The minimum Gasteiger partial charge on any atom is -0.376 e. The Hall–Kier alpha value is -0.290. The van der Waals surface area contributed by atoms with Gasteiger partial charge in [-0.25, -0.2) is 0 Å². The molecule has 1 aliphatic heterocycles. The normalized spacial score (nSPS) is 28.3. The standard InChI is InChI=1S/C11H20F3NO/c1-8-5-7-16-10(8)9(15-2)4-3-6-11(12,13)14/h8-10,15H,3-7H2,1-2H3. The van der Waals surface area contributed by atoms with Crippen LogP contribution in [-0.2, 0) is 4.74 Å². The zero-order valence-corrected chi connectivity index (χ0v) is 9.81. The van der Waals surface area contributed by atoms with E-state index in [0.717, 1.165) is 13.0 Å². The Morgan fingerprint density at radius 1 is 1.44 bits per heavy atom. The van der Waals surface area contributed by atoms with Gasteiger partial charge in [0, 0.05) is 19.1 Å². The Morgan fingerprint density at radius 2 is 2.12 bits per heavy atom. The number of likely N-dealkylation sites (N-methyl/N-ethyl adjacent to an activating group) is 1. The molecule has 3 atom stereocenters. The average molecular weight is 239 g/mol. The van der Waals surface area contributed by atoms with E-state index in [4.69, 9.17) is 4.74 Å². The zero-order valence-electron chi connectivity index (χ0n) is 9.81. The second-order valence-corrected chi connectivity index (χ2v) is 4.50. The molecule has 0 aliphatic carbocycles. The van der Waals surface area contributed by atoms with E-state index in [1.165, 1.54) is 0 Å².